The molecule has 3 heterocycles. The van der Waals surface area contributed by atoms with Crippen molar-refractivity contribution < 1.29 is 50.6 Å². The van der Waals surface area contributed by atoms with Gasteiger partial charge in [-0.1, -0.05) is 47.0 Å². The molecule has 8 atom stereocenters. The molecule has 1 aromatic carbocycles. The van der Waals surface area contributed by atoms with Crippen LogP contribution in [-0.4, -0.2) is 102 Å². The Morgan fingerprint density at radius 3 is 2.47 bits per heavy atom. The molecule has 2 bridgehead atoms. The lowest BCUT2D eigenvalue weighted by atomic mass is 9.85. The first-order valence-corrected chi connectivity index (χ1v) is 22.2. The fourth-order valence-corrected chi connectivity index (χ4v) is 9.91. The number of ether oxygens (including phenoxy) is 3. The number of aryl methyl sites for hydroxylation is 1. The highest BCUT2D eigenvalue weighted by Gasteiger charge is 2.68. The van der Waals surface area contributed by atoms with Crippen LogP contribution in [0.15, 0.2) is 18.2 Å². The number of alkyl halides is 2. The Morgan fingerprint density at radius 2 is 1.83 bits per heavy atom. The summed E-state index contributed by atoms with van der Waals surface area (Å²) in [4.78, 5) is 67.9. The molecule has 0 radical (unpaired) electrons. The SMILES string of the molecule is CCC[C@@H]1[C@@H]2CN(C(=O)[C@H](C(C)(C)C)NC(=O)O[C@@H]3C[C@H]3CCCCCc3nc4ccc(OC)cc4nc3O2)[C@@H]1C(=O)N[C@]1(C(=O)NS(=O)(=O)C2(C)CC2)CC1C(F)F. The van der Waals surface area contributed by atoms with Crippen LogP contribution < -0.4 is 24.8 Å². The minimum Gasteiger partial charge on any atom is -0.497 e. The summed E-state index contributed by atoms with van der Waals surface area (Å²) >= 11 is 0. The van der Waals surface area contributed by atoms with Gasteiger partial charge < -0.3 is 29.7 Å². The predicted molar refractivity (Wildman–Crippen MR) is 211 cm³/mol. The van der Waals surface area contributed by atoms with Crippen LogP contribution in [0.2, 0.25) is 0 Å². The summed E-state index contributed by atoms with van der Waals surface area (Å²) in [5.74, 6) is -4.28. The number of aromatic nitrogens is 2. The third kappa shape index (κ3) is 8.65. The van der Waals surface area contributed by atoms with E-state index in [2.05, 4.69) is 10.6 Å². The number of hydrogen-bond donors (Lipinski definition) is 3. The third-order valence-electron chi connectivity index (χ3n) is 12.8. The second-order valence-corrected chi connectivity index (χ2v) is 20.5. The first-order valence-electron chi connectivity index (χ1n) is 20.8. The zero-order chi connectivity index (χ0) is 42.7. The van der Waals surface area contributed by atoms with Crippen LogP contribution in [0.4, 0.5) is 13.6 Å². The number of sulfonamides is 1. The van der Waals surface area contributed by atoms with Gasteiger partial charge in [0.25, 0.3) is 5.91 Å². The van der Waals surface area contributed by atoms with E-state index in [9.17, 15) is 36.4 Å². The molecular weight excluding hydrogens is 791 g/mol. The molecule has 2 aromatic rings. The van der Waals surface area contributed by atoms with Crippen LogP contribution in [0.1, 0.15) is 105 Å². The van der Waals surface area contributed by atoms with Gasteiger partial charge in [0.2, 0.25) is 34.1 Å². The molecule has 2 aliphatic heterocycles. The molecule has 0 spiro atoms. The van der Waals surface area contributed by atoms with E-state index in [0.717, 1.165) is 25.7 Å². The summed E-state index contributed by atoms with van der Waals surface area (Å²) in [5.41, 5.74) is -1.43. The van der Waals surface area contributed by atoms with E-state index in [-0.39, 0.29) is 24.4 Å². The highest BCUT2D eigenvalue weighted by Crippen LogP contribution is 2.50. The second kappa shape index (κ2) is 15.9. The summed E-state index contributed by atoms with van der Waals surface area (Å²) in [6, 6.07) is 2.74. The summed E-state index contributed by atoms with van der Waals surface area (Å²) in [6.07, 6.45) is 0.581. The quantitative estimate of drug-likeness (QED) is 0.314. The van der Waals surface area contributed by atoms with Crippen molar-refractivity contribution in [1.29, 1.82) is 0 Å². The summed E-state index contributed by atoms with van der Waals surface area (Å²) < 4.78 is 73.8. The smallest absolute Gasteiger partial charge is 0.408 e. The van der Waals surface area contributed by atoms with E-state index in [1.165, 1.54) is 11.8 Å². The molecule has 1 saturated heterocycles. The standard InChI is InChI=1S/C41H56F2N6O9S/c1-7-11-24-30-21-49(31(24)34(50)47-41(20-25(41)33(42)43)37(52)48-59(54,55)40(5)16-17-40)36(51)32(39(2,3)4)46-38(53)58-29-18-22(29)12-9-8-10-13-27-35(57-30)45-28-19-23(56-6)14-15-26(28)44-27/h14-15,19,22,24-25,29-33H,7-13,16-18,20-21H2,1-6H3,(H,46,53)(H,47,50)(H,48,52)/t22-,24-,25?,29-,30+,31+,32-,41-/m1/s1. The van der Waals surface area contributed by atoms with Crippen LogP contribution in [0, 0.1) is 23.2 Å². The summed E-state index contributed by atoms with van der Waals surface area (Å²) in [5, 5.41) is 5.30. The van der Waals surface area contributed by atoms with Crippen molar-refractivity contribution in [3.8, 4) is 11.6 Å². The van der Waals surface area contributed by atoms with Gasteiger partial charge in [-0.15, -0.1) is 0 Å². The summed E-state index contributed by atoms with van der Waals surface area (Å²) in [7, 11) is -2.71. The number of carbonyl (C=O) groups excluding carboxylic acids is 4. The number of carbonyl (C=O) groups is 4. The largest absolute Gasteiger partial charge is 0.497 e. The Hall–Kier alpha value is -4.35. The molecule has 1 aromatic heterocycles. The number of alkyl carbamates (subject to hydrolysis) is 1. The molecule has 5 aliphatic rings. The van der Waals surface area contributed by atoms with Gasteiger partial charge in [0.05, 0.1) is 35.4 Å². The van der Waals surface area contributed by atoms with Gasteiger partial charge in [-0.25, -0.2) is 32.0 Å². The summed E-state index contributed by atoms with van der Waals surface area (Å²) in [6.45, 7) is 8.44. The number of halogens is 2. The Balaban J connectivity index is 1.28. The third-order valence-corrected chi connectivity index (χ3v) is 15.0. The lowest BCUT2D eigenvalue weighted by molar-refractivity contribution is -0.144. The molecule has 18 heteroatoms. The van der Waals surface area contributed by atoms with E-state index >= 15 is 0 Å². The molecule has 4 amide bonds. The highest BCUT2D eigenvalue weighted by atomic mass is 32.2. The maximum atomic E-state index is 14.9. The van der Waals surface area contributed by atoms with Gasteiger partial charge >= 0.3 is 6.09 Å². The van der Waals surface area contributed by atoms with Gasteiger partial charge in [-0.05, 0) is 81.8 Å². The van der Waals surface area contributed by atoms with Crippen molar-refractivity contribution in [1.82, 2.24) is 30.2 Å². The molecule has 3 saturated carbocycles. The highest BCUT2D eigenvalue weighted by molar-refractivity contribution is 7.91. The van der Waals surface area contributed by atoms with Crippen LogP contribution in [0.25, 0.3) is 11.0 Å². The lowest BCUT2D eigenvalue weighted by Crippen LogP contribution is -2.61. The van der Waals surface area contributed by atoms with Crippen LogP contribution in [-0.2, 0) is 35.6 Å². The fraction of sp³-hybridized carbons (Fsp3) is 0.707. The number of fused-ring (bicyclic) bond motifs is 5. The van der Waals surface area contributed by atoms with Gasteiger partial charge in [0.1, 0.15) is 41.3 Å². The maximum absolute atomic E-state index is 14.9. The Bertz CT molecular complexity index is 2100. The number of methoxy groups -OCH3 is 1. The first kappa shape index (κ1) is 42.8. The Labute approximate surface area is 343 Å². The molecule has 324 valence electrons. The molecule has 15 nitrogen and oxygen atoms in total. The normalized spacial score (nSPS) is 30.7. The average Bonchev–Trinajstić information content (AvgIpc) is 4.12. The first-order chi connectivity index (χ1) is 27.8. The van der Waals surface area contributed by atoms with Gasteiger partial charge in [-0.3, -0.25) is 19.1 Å². The van der Waals surface area contributed by atoms with Crippen molar-refractivity contribution in [2.45, 2.75) is 146 Å². The van der Waals surface area contributed by atoms with Crippen LogP contribution in [0.5, 0.6) is 11.6 Å². The van der Waals surface area contributed by atoms with Crippen molar-refractivity contribution in [2.75, 3.05) is 13.7 Å². The molecule has 4 fully saturated rings. The van der Waals surface area contributed by atoms with Crippen LogP contribution in [0.3, 0.4) is 0 Å². The molecule has 1 unspecified atom stereocenters. The Kier molecular flexibility index (Phi) is 11.5. The second-order valence-electron chi connectivity index (χ2n) is 18.3. The van der Waals surface area contributed by atoms with E-state index in [1.807, 2.05) is 17.7 Å². The number of benzene rings is 1. The lowest BCUT2D eigenvalue weighted by Gasteiger charge is -2.36. The molecule has 59 heavy (non-hydrogen) atoms. The van der Waals surface area contributed by atoms with E-state index in [1.54, 1.807) is 40.0 Å². The van der Waals surface area contributed by atoms with E-state index in [4.69, 9.17) is 24.2 Å². The number of amides is 4. The number of nitrogens with one attached hydrogen (secondary N) is 3. The fourth-order valence-electron chi connectivity index (χ4n) is 8.60. The zero-order valence-electron chi connectivity index (χ0n) is 34.5. The molecule has 3 N–H and O–H groups in total. The molecular formula is C41H56F2N6O9S. The van der Waals surface area contributed by atoms with Crippen molar-refractivity contribution in [2.24, 2.45) is 23.2 Å². The number of rotatable bonds is 9. The average molecular weight is 847 g/mol. The van der Waals surface area contributed by atoms with Crippen LogP contribution >= 0.6 is 0 Å². The van der Waals surface area contributed by atoms with E-state index in [0.29, 0.717) is 61.0 Å². The minimum atomic E-state index is -4.25. The minimum absolute atomic E-state index is 0.170. The topological polar surface area (TPSA) is 195 Å². The molecule has 7 rings (SSSR count). The predicted octanol–water partition coefficient (Wildman–Crippen LogP) is 4.80. The van der Waals surface area contributed by atoms with Crippen molar-refractivity contribution in [3.05, 3.63) is 23.9 Å². The monoisotopic (exact) mass is 846 g/mol. The Morgan fingerprint density at radius 1 is 1.08 bits per heavy atom. The van der Waals surface area contributed by atoms with Gasteiger partial charge in [0.15, 0.2) is 0 Å². The number of hydrogen-bond acceptors (Lipinski definition) is 11. The van der Waals surface area contributed by atoms with Gasteiger partial charge in [-0.2, -0.15) is 0 Å². The number of nitrogens with zero attached hydrogens (tertiary/aromatic N) is 3. The molecule has 3 aliphatic carbocycles. The maximum Gasteiger partial charge on any atom is 0.408 e. The van der Waals surface area contributed by atoms with E-state index < -0.39 is 92.4 Å². The zero-order valence-corrected chi connectivity index (χ0v) is 35.3. The van der Waals surface area contributed by atoms with Crippen molar-refractivity contribution >= 4 is 44.9 Å². The van der Waals surface area contributed by atoms with Gasteiger partial charge in [0, 0.05) is 12.0 Å². The van der Waals surface area contributed by atoms with Crippen molar-refractivity contribution in [3.63, 3.8) is 0 Å².